The molecule has 2 unspecified atom stereocenters. The molecule has 2 heteroatoms. The predicted octanol–water partition coefficient (Wildman–Crippen LogP) is 4.31. The van der Waals surface area contributed by atoms with Crippen molar-refractivity contribution in [1.82, 2.24) is 5.32 Å². The van der Waals surface area contributed by atoms with Crippen LogP contribution < -0.4 is 5.32 Å². The molecule has 0 aliphatic heterocycles. The minimum absolute atomic E-state index is 0.565. The summed E-state index contributed by atoms with van der Waals surface area (Å²) in [5.74, 6) is 1.61. The van der Waals surface area contributed by atoms with Gasteiger partial charge >= 0.3 is 0 Å². The fourth-order valence-corrected chi connectivity index (χ4v) is 3.83. The van der Waals surface area contributed by atoms with Crippen LogP contribution >= 0.6 is 0 Å². The highest BCUT2D eigenvalue weighted by molar-refractivity contribution is 5.06. The first-order valence-electron chi connectivity index (χ1n) is 8.73. The first kappa shape index (κ1) is 16.0. The van der Waals surface area contributed by atoms with Crippen molar-refractivity contribution in [3.63, 3.8) is 0 Å². The minimum Gasteiger partial charge on any atom is -0.378 e. The highest BCUT2D eigenvalue weighted by atomic mass is 16.5. The molecule has 2 aliphatic rings. The quantitative estimate of drug-likeness (QED) is 0.554. The average Bonchev–Trinajstić information content (AvgIpc) is 2.43. The van der Waals surface area contributed by atoms with Gasteiger partial charge < -0.3 is 10.1 Å². The topological polar surface area (TPSA) is 21.3 Å². The van der Waals surface area contributed by atoms with E-state index in [9.17, 15) is 0 Å². The van der Waals surface area contributed by atoms with Crippen molar-refractivity contribution in [2.24, 2.45) is 11.8 Å². The standard InChI is InChI=1S/C18H33NO/c1-15-11-16(2)13-17(12-15)14-19-9-6-10-20-18-7-4-3-5-8-18/h11,15,17-19H,3-10,12-14H2,1-2H3. The van der Waals surface area contributed by atoms with Gasteiger partial charge in [0.2, 0.25) is 0 Å². The maximum atomic E-state index is 5.96. The maximum Gasteiger partial charge on any atom is 0.0575 e. The maximum absolute atomic E-state index is 5.96. The molecular formula is C18H33NO. The van der Waals surface area contributed by atoms with E-state index < -0.39 is 0 Å². The largest absolute Gasteiger partial charge is 0.378 e. The average molecular weight is 279 g/mol. The monoisotopic (exact) mass is 279 g/mol. The third-order valence-electron chi connectivity index (χ3n) is 4.72. The molecule has 0 amide bonds. The molecule has 2 atom stereocenters. The van der Waals surface area contributed by atoms with Gasteiger partial charge in [0.05, 0.1) is 6.10 Å². The Morgan fingerprint density at radius 2 is 2.05 bits per heavy atom. The molecule has 2 aliphatic carbocycles. The lowest BCUT2D eigenvalue weighted by Crippen LogP contribution is -2.28. The molecule has 0 aromatic carbocycles. The van der Waals surface area contributed by atoms with Gasteiger partial charge in [-0.15, -0.1) is 0 Å². The molecule has 116 valence electrons. The summed E-state index contributed by atoms with van der Waals surface area (Å²) in [6, 6.07) is 0. The highest BCUT2D eigenvalue weighted by Gasteiger charge is 2.17. The number of hydrogen-bond donors (Lipinski definition) is 1. The van der Waals surface area contributed by atoms with Gasteiger partial charge in [-0.25, -0.2) is 0 Å². The van der Waals surface area contributed by atoms with Crippen LogP contribution in [0.3, 0.4) is 0 Å². The molecule has 0 radical (unpaired) electrons. The molecule has 0 saturated heterocycles. The zero-order valence-electron chi connectivity index (χ0n) is 13.5. The Morgan fingerprint density at radius 3 is 2.80 bits per heavy atom. The summed E-state index contributed by atoms with van der Waals surface area (Å²) in [5, 5.41) is 3.63. The van der Waals surface area contributed by atoms with E-state index in [4.69, 9.17) is 4.74 Å². The number of nitrogens with one attached hydrogen (secondary N) is 1. The zero-order chi connectivity index (χ0) is 14.2. The fraction of sp³-hybridized carbons (Fsp3) is 0.889. The van der Waals surface area contributed by atoms with Crippen LogP contribution in [0.1, 0.15) is 65.2 Å². The molecule has 0 aromatic heterocycles. The smallest absolute Gasteiger partial charge is 0.0575 e. The minimum atomic E-state index is 0.565. The molecule has 0 bridgehead atoms. The normalized spacial score (nSPS) is 28.4. The van der Waals surface area contributed by atoms with Crippen molar-refractivity contribution in [3.8, 4) is 0 Å². The number of rotatable bonds is 7. The summed E-state index contributed by atoms with van der Waals surface area (Å²) < 4.78 is 5.96. The second-order valence-electron chi connectivity index (χ2n) is 6.98. The van der Waals surface area contributed by atoms with Crippen LogP contribution in [0.2, 0.25) is 0 Å². The van der Waals surface area contributed by atoms with E-state index in [0.717, 1.165) is 31.4 Å². The highest BCUT2D eigenvalue weighted by Crippen LogP contribution is 2.27. The van der Waals surface area contributed by atoms with Crippen molar-refractivity contribution in [3.05, 3.63) is 11.6 Å². The Balaban J connectivity index is 1.46. The van der Waals surface area contributed by atoms with E-state index in [1.807, 2.05) is 0 Å². The molecule has 1 fully saturated rings. The van der Waals surface area contributed by atoms with E-state index in [-0.39, 0.29) is 0 Å². The fourth-order valence-electron chi connectivity index (χ4n) is 3.83. The Bertz CT molecular complexity index is 294. The molecule has 0 spiro atoms. The molecule has 0 heterocycles. The van der Waals surface area contributed by atoms with Crippen molar-refractivity contribution >= 4 is 0 Å². The van der Waals surface area contributed by atoms with Crippen molar-refractivity contribution in [2.75, 3.05) is 19.7 Å². The third kappa shape index (κ3) is 5.97. The van der Waals surface area contributed by atoms with Gasteiger partial charge in [0.1, 0.15) is 0 Å². The lowest BCUT2D eigenvalue weighted by Gasteiger charge is -2.26. The molecule has 2 nitrogen and oxygen atoms in total. The van der Waals surface area contributed by atoms with Gasteiger partial charge in [-0.05, 0) is 64.0 Å². The van der Waals surface area contributed by atoms with Crippen LogP contribution in [0, 0.1) is 11.8 Å². The Labute approximate surface area is 125 Å². The Morgan fingerprint density at radius 1 is 1.25 bits per heavy atom. The molecule has 1 N–H and O–H groups in total. The van der Waals surface area contributed by atoms with Crippen molar-refractivity contribution < 1.29 is 4.74 Å². The van der Waals surface area contributed by atoms with Gasteiger partial charge in [0, 0.05) is 6.61 Å². The van der Waals surface area contributed by atoms with Gasteiger partial charge in [-0.3, -0.25) is 0 Å². The summed E-state index contributed by atoms with van der Waals surface area (Å²) in [7, 11) is 0. The molecule has 1 saturated carbocycles. The first-order valence-corrected chi connectivity index (χ1v) is 8.73. The summed E-state index contributed by atoms with van der Waals surface area (Å²) in [6.45, 7) is 7.85. The SMILES string of the molecule is CC1=CC(C)CC(CNCCCOC2CCCCC2)C1. The summed E-state index contributed by atoms with van der Waals surface area (Å²) >= 11 is 0. The van der Waals surface area contributed by atoms with Crippen molar-refractivity contribution in [1.29, 1.82) is 0 Å². The molecule has 20 heavy (non-hydrogen) atoms. The second-order valence-corrected chi connectivity index (χ2v) is 6.98. The summed E-state index contributed by atoms with van der Waals surface area (Å²) in [5.41, 5.74) is 1.58. The van der Waals surface area contributed by atoms with E-state index >= 15 is 0 Å². The number of hydrogen-bond acceptors (Lipinski definition) is 2. The van der Waals surface area contributed by atoms with E-state index in [1.54, 1.807) is 5.57 Å². The van der Waals surface area contributed by atoms with Crippen LogP contribution in [0.4, 0.5) is 0 Å². The number of allylic oxidation sites excluding steroid dienone is 2. The first-order chi connectivity index (χ1) is 9.74. The Kier molecular flexibility index (Phi) is 7.09. The Hall–Kier alpha value is -0.340. The molecular weight excluding hydrogens is 246 g/mol. The van der Waals surface area contributed by atoms with Gasteiger partial charge in [-0.2, -0.15) is 0 Å². The van der Waals surface area contributed by atoms with E-state index in [2.05, 4.69) is 25.2 Å². The van der Waals surface area contributed by atoms with Crippen LogP contribution in [0.5, 0.6) is 0 Å². The molecule has 0 aromatic rings. The lowest BCUT2D eigenvalue weighted by molar-refractivity contribution is 0.0272. The summed E-state index contributed by atoms with van der Waals surface area (Å²) in [4.78, 5) is 0. The van der Waals surface area contributed by atoms with Gasteiger partial charge in [-0.1, -0.05) is 37.8 Å². The van der Waals surface area contributed by atoms with Gasteiger partial charge in [0.25, 0.3) is 0 Å². The summed E-state index contributed by atoms with van der Waals surface area (Å²) in [6.07, 6.45) is 13.5. The van der Waals surface area contributed by atoms with E-state index in [1.165, 1.54) is 51.5 Å². The predicted molar refractivity (Wildman–Crippen MR) is 86.0 cm³/mol. The lowest BCUT2D eigenvalue weighted by atomic mass is 9.84. The van der Waals surface area contributed by atoms with Gasteiger partial charge in [0.15, 0.2) is 0 Å². The third-order valence-corrected chi connectivity index (χ3v) is 4.72. The van der Waals surface area contributed by atoms with Crippen molar-refractivity contribution in [2.45, 2.75) is 71.3 Å². The zero-order valence-corrected chi connectivity index (χ0v) is 13.5. The van der Waals surface area contributed by atoms with Crippen LogP contribution in [0.25, 0.3) is 0 Å². The molecule has 2 rings (SSSR count). The van der Waals surface area contributed by atoms with Crippen LogP contribution in [-0.4, -0.2) is 25.8 Å². The second kappa shape index (κ2) is 8.84. The van der Waals surface area contributed by atoms with Crippen LogP contribution in [0.15, 0.2) is 11.6 Å². The number of ether oxygens (including phenoxy) is 1. The van der Waals surface area contributed by atoms with Crippen LogP contribution in [-0.2, 0) is 4.74 Å². The van der Waals surface area contributed by atoms with E-state index in [0.29, 0.717) is 6.10 Å².